The molecule has 28 heavy (non-hydrogen) atoms. The summed E-state index contributed by atoms with van der Waals surface area (Å²) in [5, 5.41) is 9.35. The van der Waals surface area contributed by atoms with Crippen molar-refractivity contribution in [3.63, 3.8) is 0 Å². The van der Waals surface area contributed by atoms with Crippen molar-refractivity contribution < 1.29 is 27.3 Å². The predicted octanol–water partition coefficient (Wildman–Crippen LogP) is 2.84. The number of urea groups is 1. The van der Waals surface area contributed by atoms with E-state index in [2.05, 4.69) is 6.72 Å². The topological polar surface area (TPSA) is 90.2 Å². The number of hydrogen-bond donors (Lipinski definition) is 1. The molecule has 1 aliphatic heterocycles. The number of anilines is 1. The summed E-state index contributed by atoms with van der Waals surface area (Å²) in [6.45, 7) is 7.26. The Hall–Kier alpha value is -3.07. The quantitative estimate of drug-likeness (QED) is 0.252. The Bertz CT molecular complexity index is 989. The smallest absolute Gasteiger partial charge is 0.339 e. The van der Waals surface area contributed by atoms with Crippen LogP contribution in [0.25, 0.3) is 0 Å². The van der Waals surface area contributed by atoms with Crippen LogP contribution in [0.1, 0.15) is 13.3 Å². The van der Waals surface area contributed by atoms with E-state index >= 15 is 0 Å². The second-order valence-corrected chi connectivity index (χ2v) is 7.90. The highest BCUT2D eigenvalue weighted by atomic mass is 32.2. The highest BCUT2D eigenvalue weighted by molar-refractivity contribution is 7.87. The molecule has 0 unspecified atom stereocenters. The Morgan fingerprint density at radius 3 is 2.54 bits per heavy atom. The first-order valence-electron chi connectivity index (χ1n) is 8.82. The van der Waals surface area contributed by atoms with Crippen LogP contribution >= 0.6 is 0 Å². The van der Waals surface area contributed by atoms with E-state index in [1.165, 1.54) is 24.3 Å². The zero-order valence-corrected chi connectivity index (χ0v) is 16.3. The van der Waals surface area contributed by atoms with Gasteiger partial charge in [0.25, 0.3) is 5.69 Å². The molecule has 1 heterocycles. The van der Waals surface area contributed by atoms with Gasteiger partial charge >= 0.3 is 16.1 Å². The second-order valence-electron chi connectivity index (χ2n) is 6.35. The Morgan fingerprint density at radius 1 is 1.18 bits per heavy atom. The standard InChI is InChI=1S/C19H22N3O5S/c1-3-11-21-12-13-22(19(21)23)15-7-9-18(10-8-15)28(25,26)27-17-6-4-5-16(14-17)20(2)24/h4-10,14,24H,2-3,11-13H2,1H3/q+1. The van der Waals surface area contributed by atoms with Gasteiger partial charge in [-0.1, -0.05) is 13.0 Å². The number of carbonyl (C=O) groups is 1. The van der Waals surface area contributed by atoms with E-state index < -0.39 is 10.1 Å². The van der Waals surface area contributed by atoms with Crippen LogP contribution in [-0.2, 0) is 10.1 Å². The van der Waals surface area contributed by atoms with Gasteiger partial charge in [-0.3, -0.25) is 10.1 Å². The summed E-state index contributed by atoms with van der Waals surface area (Å²) in [7, 11) is -4.06. The Morgan fingerprint density at radius 2 is 1.89 bits per heavy atom. The lowest BCUT2D eigenvalue weighted by atomic mass is 10.3. The molecule has 8 nitrogen and oxygen atoms in total. The van der Waals surface area contributed by atoms with Crippen LogP contribution in [0.3, 0.4) is 0 Å². The second kappa shape index (κ2) is 7.89. The van der Waals surface area contributed by atoms with Gasteiger partial charge in [0.15, 0.2) is 6.72 Å². The molecule has 0 aliphatic carbocycles. The molecule has 9 heteroatoms. The van der Waals surface area contributed by atoms with Crippen LogP contribution in [0.4, 0.5) is 16.2 Å². The van der Waals surface area contributed by atoms with E-state index in [9.17, 15) is 18.4 Å². The minimum Gasteiger partial charge on any atom is -0.379 e. The van der Waals surface area contributed by atoms with Crippen LogP contribution in [0.15, 0.2) is 53.4 Å². The summed E-state index contributed by atoms with van der Waals surface area (Å²) in [4.78, 5) is 15.7. The van der Waals surface area contributed by atoms with Gasteiger partial charge < -0.3 is 9.08 Å². The molecule has 1 N–H and O–H groups in total. The molecule has 0 spiro atoms. The number of hydrogen-bond acceptors (Lipinski definition) is 5. The van der Waals surface area contributed by atoms with Crippen LogP contribution in [-0.4, -0.2) is 55.6 Å². The van der Waals surface area contributed by atoms with Crippen molar-refractivity contribution >= 4 is 34.2 Å². The number of carbonyl (C=O) groups excluding carboxylic acids is 1. The highest BCUT2D eigenvalue weighted by Crippen LogP contribution is 2.26. The summed E-state index contributed by atoms with van der Waals surface area (Å²) >= 11 is 0. The maximum absolute atomic E-state index is 12.5. The van der Waals surface area contributed by atoms with Crippen LogP contribution < -0.4 is 9.08 Å². The third kappa shape index (κ3) is 4.09. The van der Waals surface area contributed by atoms with Crippen molar-refractivity contribution in [2.45, 2.75) is 18.2 Å². The molecule has 3 rings (SSSR count). The minimum absolute atomic E-state index is 0.0332. The fourth-order valence-corrected chi connectivity index (χ4v) is 3.89. The Labute approximate surface area is 164 Å². The van der Waals surface area contributed by atoms with Crippen molar-refractivity contribution in [2.24, 2.45) is 0 Å². The molecule has 1 aliphatic rings. The fraction of sp³-hybridized carbons (Fsp3) is 0.263. The van der Waals surface area contributed by atoms with Gasteiger partial charge in [-0.2, -0.15) is 8.42 Å². The molecular formula is C19H22N3O5S+. The lowest BCUT2D eigenvalue weighted by Gasteiger charge is -2.18. The van der Waals surface area contributed by atoms with Gasteiger partial charge in [0.2, 0.25) is 0 Å². The molecule has 0 aromatic heterocycles. The summed E-state index contributed by atoms with van der Waals surface area (Å²) in [5.41, 5.74) is 0.921. The third-order valence-corrected chi connectivity index (χ3v) is 5.61. The molecule has 0 radical (unpaired) electrons. The van der Waals surface area contributed by atoms with Crippen LogP contribution in [0.2, 0.25) is 0 Å². The lowest BCUT2D eigenvalue weighted by Crippen LogP contribution is -2.32. The number of amides is 2. The van der Waals surface area contributed by atoms with E-state index in [1.54, 1.807) is 34.1 Å². The molecule has 1 fully saturated rings. The molecule has 0 saturated carbocycles. The summed E-state index contributed by atoms with van der Waals surface area (Å²) < 4.78 is 30.8. The molecule has 0 atom stereocenters. The van der Waals surface area contributed by atoms with E-state index in [0.29, 0.717) is 30.1 Å². The van der Waals surface area contributed by atoms with E-state index in [-0.39, 0.29) is 22.4 Å². The number of benzene rings is 2. The van der Waals surface area contributed by atoms with Gasteiger partial charge in [-0.15, -0.1) is 0 Å². The molecule has 1 saturated heterocycles. The summed E-state index contributed by atoms with van der Waals surface area (Å²) in [6.07, 6.45) is 0.886. The first-order valence-corrected chi connectivity index (χ1v) is 10.2. The molecule has 2 amide bonds. The molecule has 0 bridgehead atoms. The molecule has 2 aromatic carbocycles. The predicted molar refractivity (Wildman–Crippen MR) is 104 cm³/mol. The fourth-order valence-electron chi connectivity index (χ4n) is 2.96. The lowest BCUT2D eigenvalue weighted by molar-refractivity contribution is -0.706. The normalized spacial score (nSPS) is 14.4. The molecule has 148 valence electrons. The average molecular weight is 404 g/mol. The number of nitrogens with zero attached hydrogens (tertiary/aromatic N) is 3. The highest BCUT2D eigenvalue weighted by Gasteiger charge is 2.29. The zero-order valence-electron chi connectivity index (χ0n) is 15.5. The van der Waals surface area contributed by atoms with Crippen LogP contribution in [0.5, 0.6) is 5.75 Å². The maximum Gasteiger partial charge on any atom is 0.339 e. The average Bonchev–Trinajstić information content (AvgIpc) is 3.02. The van der Waals surface area contributed by atoms with Gasteiger partial charge in [-0.05, 0) is 36.8 Å². The first kappa shape index (κ1) is 19.7. The first-order chi connectivity index (χ1) is 13.3. The van der Waals surface area contributed by atoms with Crippen molar-refractivity contribution in [1.82, 2.24) is 4.90 Å². The van der Waals surface area contributed by atoms with Gasteiger partial charge in [0, 0.05) is 36.1 Å². The Balaban J connectivity index is 1.76. The monoisotopic (exact) mass is 404 g/mol. The molecule has 2 aromatic rings. The van der Waals surface area contributed by atoms with Crippen molar-refractivity contribution in [3.05, 3.63) is 48.5 Å². The van der Waals surface area contributed by atoms with E-state index in [4.69, 9.17) is 4.18 Å². The van der Waals surface area contributed by atoms with Crippen LogP contribution in [0, 0.1) is 0 Å². The SMILES string of the molecule is C=[N+](O)c1cccc(OS(=O)(=O)c2ccc(N3CCN(CCC)C3=O)cc2)c1. The van der Waals surface area contributed by atoms with Gasteiger partial charge in [0.1, 0.15) is 10.6 Å². The summed E-state index contributed by atoms with van der Waals surface area (Å²) in [5.74, 6) is 0.0502. The largest absolute Gasteiger partial charge is 0.379 e. The third-order valence-electron chi connectivity index (χ3n) is 4.35. The van der Waals surface area contributed by atoms with Crippen molar-refractivity contribution in [1.29, 1.82) is 0 Å². The maximum atomic E-state index is 12.5. The Kier molecular flexibility index (Phi) is 5.55. The van der Waals surface area contributed by atoms with Crippen molar-refractivity contribution in [3.8, 4) is 5.75 Å². The van der Waals surface area contributed by atoms with E-state index in [1.807, 2.05) is 6.92 Å². The minimum atomic E-state index is -4.06. The van der Waals surface area contributed by atoms with Gasteiger partial charge in [0.05, 0.1) is 6.07 Å². The van der Waals surface area contributed by atoms with Crippen molar-refractivity contribution in [2.75, 3.05) is 24.5 Å². The molecular weight excluding hydrogens is 382 g/mol. The van der Waals surface area contributed by atoms with E-state index in [0.717, 1.165) is 6.42 Å². The zero-order chi connectivity index (χ0) is 20.3. The number of rotatable bonds is 7. The summed E-state index contributed by atoms with van der Waals surface area (Å²) in [6, 6.07) is 11.8. The van der Waals surface area contributed by atoms with Gasteiger partial charge in [-0.25, -0.2) is 4.79 Å².